The standard InChI is InChI=1S/C12H12Cl2N2O2/c1-7-4-5-8-11(10(7)13)15-12(14)16(8)6-2-3-9(17)18/h4-5H,2-3,6H2,1H3,(H,17,18)/p-1. The van der Waals surface area contributed by atoms with Crippen LogP contribution in [0.1, 0.15) is 18.4 Å². The summed E-state index contributed by atoms with van der Waals surface area (Å²) in [4.78, 5) is 14.6. The van der Waals surface area contributed by atoms with E-state index >= 15 is 0 Å². The van der Waals surface area contributed by atoms with Gasteiger partial charge in [-0.2, -0.15) is 0 Å². The van der Waals surface area contributed by atoms with E-state index in [9.17, 15) is 9.90 Å². The number of aryl methyl sites for hydroxylation is 2. The van der Waals surface area contributed by atoms with Crippen LogP contribution in [0.4, 0.5) is 0 Å². The highest BCUT2D eigenvalue weighted by Crippen LogP contribution is 2.29. The van der Waals surface area contributed by atoms with Crippen molar-refractivity contribution in [2.75, 3.05) is 0 Å². The van der Waals surface area contributed by atoms with Crippen molar-refractivity contribution in [3.63, 3.8) is 0 Å². The average Bonchev–Trinajstić information content (AvgIpc) is 2.62. The van der Waals surface area contributed by atoms with E-state index in [1.165, 1.54) is 0 Å². The number of halogens is 2. The van der Waals surface area contributed by atoms with E-state index in [0.29, 0.717) is 28.8 Å². The number of carbonyl (C=O) groups is 1. The highest BCUT2D eigenvalue weighted by atomic mass is 35.5. The number of benzene rings is 1. The van der Waals surface area contributed by atoms with Crippen molar-refractivity contribution < 1.29 is 9.90 Å². The second kappa shape index (κ2) is 5.16. The largest absolute Gasteiger partial charge is 0.550 e. The molecular weight excluding hydrogens is 275 g/mol. The molecule has 6 heteroatoms. The topological polar surface area (TPSA) is 58.0 Å². The molecule has 0 spiro atoms. The third kappa shape index (κ3) is 2.44. The smallest absolute Gasteiger partial charge is 0.203 e. The zero-order valence-electron chi connectivity index (χ0n) is 9.74. The molecule has 0 aliphatic carbocycles. The molecule has 4 nitrogen and oxygen atoms in total. The predicted octanol–water partition coefficient (Wildman–Crippen LogP) is 2.18. The Morgan fingerprint density at radius 1 is 1.44 bits per heavy atom. The van der Waals surface area contributed by atoms with Gasteiger partial charge in [0.15, 0.2) is 0 Å². The van der Waals surface area contributed by atoms with Gasteiger partial charge in [-0.25, -0.2) is 4.98 Å². The third-order valence-corrected chi connectivity index (χ3v) is 3.53. The Balaban J connectivity index is 2.36. The molecule has 1 aromatic heterocycles. The average molecular weight is 286 g/mol. The van der Waals surface area contributed by atoms with Crippen molar-refractivity contribution in [1.82, 2.24) is 9.55 Å². The van der Waals surface area contributed by atoms with Crippen molar-refractivity contribution >= 4 is 40.2 Å². The number of imidazole rings is 1. The van der Waals surface area contributed by atoms with E-state index in [4.69, 9.17) is 23.2 Å². The first-order valence-electron chi connectivity index (χ1n) is 5.51. The maximum Gasteiger partial charge on any atom is 0.203 e. The molecule has 1 aromatic carbocycles. The summed E-state index contributed by atoms with van der Waals surface area (Å²) in [7, 11) is 0. The number of hydrogen-bond acceptors (Lipinski definition) is 3. The molecular formula is C12H11Cl2N2O2-. The molecule has 18 heavy (non-hydrogen) atoms. The number of nitrogens with zero attached hydrogens (tertiary/aromatic N) is 2. The Morgan fingerprint density at radius 3 is 2.83 bits per heavy atom. The maximum absolute atomic E-state index is 10.4. The van der Waals surface area contributed by atoms with Gasteiger partial charge in [0.25, 0.3) is 0 Å². The molecule has 1 heterocycles. The van der Waals surface area contributed by atoms with Crippen LogP contribution in [0.25, 0.3) is 11.0 Å². The fourth-order valence-electron chi connectivity index (χ4n) is 1.83. The first kappa shape index (κ1) is 13.2. The number of carboxylic acids is 1. The molecule has 2 rings (SSSR count). The molecule has 0 atom stereocenters. The summed E-state index contributed by atoms with van der Waals surface area (Å²) in [5.41, 5.74) is 2.39. The van der Waals surface area contributed by atoms with E-state index in [2.05, 4.69) is 4.98 Å². The van der Waals surface area contributed by atoms with Gasteiger partial charge < -0.3 is 14.5 Å². The van der Waals surface area contributed by atoms with Crippen molar-refractivity contribution in [2.45, 2.75) is 26.3 Å². The van der Waals surface area contributed by atoms with E-state index < -0.39 is 5.97 Å². The summed E-state index contributed by atoms with van der Waals surface area (Å²) in [6, 6.07) is 3.77. The van der Waals surface area contributed by atoms with Crippen LogP contribution in [-0.4, -0.2) is 15.5 Å². The highest BCUT2D eigenvalue weighted by molar-refractivity contribution is 6.36. The molecule has 0 N–H and O–H groups in total. The van der Waals surface area contributed by atoms with Gasteiger partial charge in [0.2, 0.25) is 5.28 Å². The van der Waals surface area contributed by atoms with Crippen molar-refractivity contribution in [2.24, 2.45) is 0 Å². The molecule has 0 amide bonds. The molecule has 0 bridgehead atoms. The molecule has 96 valence electrons. The maximum atomic E-state index is 10.4. The van der Waals surface area contributed by atoms with Gasteiger partial charge in [-0.1, -0.05) is 17.7 Å². The van der Waals surface area contributed by atoms with E-state index in [1.807, 2.05) is 19.1 Å². The van der Waals surface area contributed by atoms with Crippen LogP contribution in [0.5, 0.6) is 0 Å². The Hall–Kier alpha value is -1.26. The number of carboxylic acid groups (broad SMARTS) is 1. The van der Waals surface area contributed by atoms with E-state index in [0.717, 1.165) is 11.1 Å². The third-order valence-electron chi connectivity index (χ3n) is 2.77. The minimum atomic E-state index is -1.07. The van der Waals surface area contributed by atoms with Gasteiger partial charge >= 0.3 is 0 Å². The lowest BCUT2D eigenvalue weighted by Gasteiger charge is -2.06. The van der Waals surface area contributed by atoms with Crippen molar-refractivity contribution in [3.05, 3.63) is 28.0 Å². The molecule has 0 radical (unpaired) electrons. The number of carbonyl (C=O) groups excluding carboxylic acids is 1. The summed E-state index contributed by atoms with van der Waals surface area (Å²) < 4.78 is 1.76. The lowest BCUT2D eigenvalue weighted by molar-refractivity contribution is -0.305. The lowest BCUT2D eigenvalue weighted by Crippen LogP contribution is -2.22. The van der Waals surface area contributed by atoms with Gasteiger partial charge in [0.1, 0.15) is 5.52 Å². The summed E-state index contributed by atoms with van der Waals surface area (Å²) in [5, 5.41) is 11.3. The van der Waals surface area contributed by atoms with Gasteiger partial charge in [0.05, 0.1) is 10.5 Å². The minimum absolute atomic E-state index is 0.00437. The Bertz CT molecular complexity index is 608. The van der Waals surface area contributed by atoms with Crippen LogP contribution < -0.4 is 5.11 Å². The molecule has 0 unspecified atom stereocenters. The molecule has 0 aliphatic heterocycles. The van der Waals surface area contributed by atoms with Crippen molar-refractivity contribution in [1.29, 1.82) is 0 Å². The zero-order chi connectivity index (χ0) is 13.3. The zero-order valence-corrected chi connectivity index (χ0v) is 11.3. The Labute approximate surface area is 114 Å². The fourth-order valence-corrected chi connectivity index (χ4v) is 2.29. The van der Waals surface area contributed by atoms with Crippen LogP contribution in [0.2, 0.25) is 10.3 Å². The van der Waals surface area contributed by atoms with Gasteiger partial charge in [-0.3, -0.25) is 0 Å². The predicted molar refractivity (Wildman–Crippen MR) is 68.7 cm³/mol. The summed E-state index contributed by atoms with van der Waals surface area (Å²) >= 11 is 12.2. The molecule has 0 aliphatic rings. The summed E-state index contributed by atoms with van der Waals surface area (Å²) in [6.07, 6.45) is 0.439. The SMILES string of the molecule is Cc1ccc2c(nc(Cl)n2CCCC(=O)[O-])c1Cl. The Morgan fingerprint density at radius 2 is 2.17 bits per heavy atom. The highest BCUT2D eigenvalue weighted by Gasteiger charge is 2.12. The second-order valence-electron chi connectivity index (χ2n) is 4.07. The number of aromatic nitrogens is 2. The normalized spacial score (nSPS) is 11.1. The van der Waals surface area contributed by atoms with Gasteiger partial charge in [-0.15, -0.1) is 0 Å². The first-order valence-corrected chi connectivity index (χ1v) is 6.27. The monoisotopic (exact) mass is 285 g/mol. The van der Waals surface area contributed by atoms with Crippen LogP contribution >= 0.6 is 23.2 Å². The van der Waals surface area contributed by atoms with E-state index in [-0.39, 0.29) is 6.42 Å². The number of hydrogen-bond donors (Lipinski definition) is 0. The first-order chi connectivity index (χ1) is 8.50. The van der Waals surface area contributed by atoms with Gasteiger partial charge in [0, 0.05) is 12.5 Å². The Kier molecular flexibility index (Phi) is 3.78. The van der Waals surface area contributed by atoms with Crippen molar-refractivity contribution in [3.8, 4) is 0 Å². The molecule has 0 saturated heterocycles. The lowest BCUT2D eigenvalue weighted by atomic mass is 10.2. The summed E-state index contributed by atoms with van der Waals surface area (Å²) in [6.45, 7) is 2.37. The molecule has 0 saturated carbocycles. The second-order valence-corrected chi connectivity index (χ2v) is 4.79. The molecule has 0 fully saturated rings. The van der Waals surface area contributed by atoms with Crippen LogP contribution in [-0.2, 0) is 11.3 Å². The summed E-state index contributed by atoms with van der Waals surface area (Å²) in [5.74, 6) is -1.07. The molecule has 2 aromatic rings. The fraction of sp³-hybridized carbons (Fsp3) is 0.333. The minimum Gasteiger partial charge on any atom is -0.550 e. The van der Waals surface area contributed by atoms with Crippen LogP contribution in [0.15, 0.2) is 12.1 Å². The number of aliphatic carboxylic acids is 1. The van der Waals surface area contributed by atoms with E-state index in [1.54, 1.807) is 4.57 Å². The quantitative estimate of drug-likeness (QED) is 0.865. The number of fused-ring (bicyclic) bond motifs is 1. The van der Waals surface area contributed by atoms with Crippen LogP contribution in [0.3, 0.4) is 0 Å². The van der Waals surface area contributed by atoms with Gasteiger partial charge in [-0.05, 0) is 43.0 Å². The van der Waals surface area contributed by atoms with Crippen LogP contribution in [0, 0.1) is 6.92 Å². The number of rotatable bonds is 4.